The zero-order chi connectivity index (χ0) is 12.1. The second kappa shape index (κ2) is 6.05. The molecular weight excluding hydrogens is 232 g/mol. The largest absolute Gasteiger partial charge is 0.342 e. The standard InChI is InChI=1S/C13H18N2OS/c1-11(17-12-5-7-14-8-6-12)13(16)15-9-3-2-4-10-15/h5-8,11H,2-4,9-10H2,1H3/t11-/m0/s1. The van der Waals surface area contributed by atoms with Gasteiger partial charge in [-0.25, -0.2) is 0 Å². The van der Waals surface area contributed by atoms with E-state index in [9.17, 15) is 4.79 Å². The SMILES string of the molecule is C[C@H](Sc1ccncc1)C(=O)N1CCCCC1. The Morgan fingerprint density at radius 3 is 2.59 bits per heavy atom. The molecule has 1 aromatic heterocycles. The Morgan fingerprint density at radius 2 is 1.94 bits per heavy atom. The Bertz CT molecular complexity index is 363. The van der Waals surface area contributed by atoms with Gasteiger partial charge in [0.15, 0.2) is 0 Å². The van der Waals surface area contributed by atoms with Gasteiger partial charge < -0.3 is 4.90 Å². The highest BCUT2D eigenvalue weighted by molar-refractivity contribution is 8.00. The lowest BCUT2D eigenvalue weighted by Crippen LogP contribution is -2.40. The van der Waals surface area contributed by atoms with Gasteiger partial charge in [0.1, 0.15) is 0 Å². The Hall–Kier alpha value is -1.03. The van der Waals surface area contributed by atoms with Crippen LogP contribution in [0.1, 0.15) is 26.2 Å². The van der Waals surface area contributed by atoms with Crippen LogP contribution < -0.4 is 0 Å². The number of thioether (sulfide) groups is 1. The number of rotatable bonds is 3. The molecule has 3 nitrogen and oxygen atoms in total. The van der Waals surface area contributed by atoms with E-state index in [1.165, 1.54) is 6.42 Å². The van der Waals surface area contributed by atoms with E-state index in [2.05, 4.69) is 4.98 Å². The molecule has 2 heterocycles. The molecule has 1 aliphatic rings. The van der Waals surface area contributed by atoms with Crippen LogP contribution in [0.3, 0.4) is 0 Å². The van der Waals surface area contributed by atoms with Crippen molar-refractivity contribution in [3.63, 3.8) is 0 Å². The molecule has 17 heavy (non-hydrogen) atoms. The van der Waals surface area contributed by atoms with Gasteiger partial charge in [-0.1, -0.05) is 0 Å². The lowest BCUT2D eigenvalue weighted by Gasteiger charge is -2.29. The number of hydrogen-bond acceptors (Lipinski definition) is 3. The number of amides is 1. The fourth-order valence-corrected chi connectivity index (χ4v) is 2.98. The molecule has 0 spiro atoms. The van der Waals surface area contributed by atoms with Gasteiger partial charge in [-0.2, -0.15) is 0 Å². The fourth-order valence-electron chi connectivity index (χ4n) is 2.04. The van der Waals surface area contributed by atoms with Crippen molar-refractivity contribution in [3.8, 4) is 0 Å². The predicted molar refractivity (Wildman–Crippen MR) is 70.0 cm³/mol. The van der Waals surface area contributed by atoms with Gasteiger partial charge in [-0.15, -0.1) is 11.8 Å². The molecule has 1 fully saturated rings. The molecule has 1 aromatic rings. The maximum absolute atomic E-state index is 12.2. The van der Waals surface area contributed by atoms with Crippen LogP contribution in [0.25, 0.3) is 0 Å². The smallest absolute Gasteiger partial charge is 0.235 e. The molecule has 1 saturated heterocycles. The van der Waals surface area contributed by atoms with E-state index in [1.807, 2.05) is 24.0 Å². The first-order valence-electron chi connectivity index (χ1n) is 6.13. The maximum Gasteiger partial charge on any atom is 0.235 e. The first-order chi connectivity index (χ1) is 8.27. The number of likely N-dealkylation sites (tertiary alicyclic amines) is 1. The summed E-state index contributed by atoms with van der Waals surface area (Å²) in [5, 5.41) is -0.00417. The minimum Gasteiger partial charge on any atom is -0.342 e. The normalized spacial score (nSPS) is 17.8. The molecule has 4 heteroatoms. The quantitative estimate of drug-likeness (QED) is 0.773. The molecule has 0 saturated carbocycles. The highest BCUT2D eigenvalue weighted by atomic mass is 32.2. The van der Waals surface area contributed by atoms with Crippen LogP contribution in [-0.2, 0) is 4.79 Å². The minimum atomic E-state index is -0.00417. The molecule has 0 N–H and O–H groups in total. The van der Waals surface area contributed by atoms with Gasteiger partial charge in [-0.3, -0.25) is 9.78 Å². The molecule has 2 rings (SSSR count). The van der Waals surface area contributed by atoms with Gasteiger partial charge in [0, 0.05) is 30.4 Å². The molecule has 1 atom stereocenters. The first kappa shape index (κ1) is 12.4. The van der Waals surface area contributed by atoms with E-state index < -0.39 is 0 Å². The number of pyridine rings is 1. The molecule has 0 unspecified atom stereocenters. The zero-order valence-electron chi connectivity index (χ0n) is 10.1. The molecule has 0 aromatic carbocycles. The van der Waals surface area contributed by atoms with Gasteiger partial charge in [0.2, 0.25) is 5.91 Å². The van der Waals surface area contributed by atoms with Gasteiger partial charge in [0.25, 0.3) is 0 Å². The minimum absolute atomic E-state index is 0.00417. The first-order valence-corrected chi connectivity index (χ1v) is 7.01. The molecule has 1 aliphatic heterocycles. The maximum atomic E-state index is 12.2. The van der Waals surface area contributed by atoms with E-state index in [4.69, 9.17) is 0 Å². The summed E-state index contributed by atoms with van der Waals surface area (Å²) < 4.78 is 0. The van der Waals surface area contributed by atoms with Crippen molar-refractivity contribution >= 4 is 17.7 Å². The van der Waals surface area contributed by atoms with Crippen molar-refractivity contribution in [2.24, 2.45) is 0 Å². The molecule has 92 valence electrons. The highest BCUT2D eigenvalue weighted by Crippen LogP contribution is 2.24. The molecule has 0 aliphatic carbocycles. The summed E-state index contributed by atoms with van der Waals surface area (Å²) in [5.74, 6) is 0.270. The summed E-state index contributed by atoms with van der Waals surface area (Å²) in [5.41, 5.74) is 0. The average Bonchev–Trinajstić information content (AvgIpc) is 2.40. The molecular formula is C13H18N2OS. The lowest BCUT2D eigenvalue weighted by atomic mass is 10.1. The second-order valence-electron chi connectivity index (χ2n) is 4.33. The van der Waals surface area contributed by atoms with Crippen LogP contribution in [0, 0.1) is 0 Å². The number of piperidine rings is 1. The summed E-state index contributed by atoms with van der Waals surface area (Å²) >= 11 is 1.61. The Morgan fingerprint density at radius 1 is 1.29 bits per heavy atom. The predicted octanol–water partition coefficient (Wildman–Crippen LogP) is 2.57. The van der Waals surface area contributed by atoms with Gasteiger partial charge in [-0.05, 0) is 38.3 Å². The van der Waals surface area contributed by atoms with Crippen LogP contribution >= 0.6 is 11.8 Å². The second-order valence-corrected chi connectivity index (χ2v) is 5.74. The highest BCUT2D eigenvalue weighted by Gasteiger charge is 2.22. The third-order valence-corrected chi connectivity index (χ3v) is 4.08. The van der Waals surface area contributed by atoms with Crippen molar-refractivity contribution in [2.45, 2.75) is 36.3 Å². The van der Waals surface area contributed by atoms with Crippen LogP contribution in [0.15, 0.2) is 29.4 Å². The van der Waals surface area contributed by atoms with Crippen LogP contribution in [0.2, 0.25) is 0 Å². The van der Waals surface area contributed by atoms with Crippen molar-refractivity contribution in [1.29, 1.82) is 0 Å². The van der Waals surface area contributed by atoms with E-state index in [-0.39, 0.29) is 11.2 Å². The average molecular weight is 250 g/mol. The van der Waals surface area contributed by atoms with Crippen molar-refractivity contribution in [2.75, 3.05) is 13.1 Å². The van der Waals surface area contributed by atoms with Crippen LogP contribution in [-0.4, -0.2) is 34.1 Å². The number of nitrogens with zero attached hydrogens (tertiary/aromatic N) is 2. The van der Waals surface area contributed by atoms with Crippen LogP contribution in [0.4, 0.5) is 0 Å². The Balaban J connectivity index is 1.90. The summed E-state index contributed by atoms with van der Waals surface area (Å²) in [4.78, 5) is 19.3. The summed E-state index contributed by atoms with van der Waals surface area (Å²) in [6.45, 7) is 3.85. The summed E-state index contributed by atoms with van der Waals surface area (Å²) in [7, 11) is 0. The van der Waals surface area contributed by atoms with E-state index in [0.717, 1.165) is 30.8 Å². The molecule has 0 bridgehead atoms. The van der Waals surface area contributed by atoms with Crippen molar-refractivity contribution in [1.82, 2.24) is 9.88 Å². The lowest BCUT2D eigenvalue weighted by molar-refractivity contribution is -0.131. The zero-order valence-corrected chi connectivity index (χ0v) is 10.9. The monoisotopic (exact) mass is 250 g/mol. The van der Waals surface area contributed by atoms with E-state index in [0.29, 0.717) is 0 Å². The molecule has 0 radical (unpaired) electrons. The number of carbonyl (C=O) groups is 1. The third-order valence-electron chi connectivity index (χ3n) is 2.98. The van der Waals surface area contributed by atoms with Gasteiger partial charge >= 0.3 is 0 Å². The summed E-state index contributed by atoms with van der Waals surface area (Å²) in [6.07, 6.45) is 7.09. The van der Waals surface area contributed by atoms with Crippen molar-refractivity contribution < 1.29 is 4.79 Å². The van der Waals surface area contributed by atoms with E-state index in [1.54, 1.807) is 24.2 Å². The van der Waals surface area contributed by atoms with E-state index >= 15 is 0 Å². The van der Waals surface area contributed by atoms with Crippen molar-refractivity contribution in [3.05, 3.63) is 24.5 Å². The topological polar surface area (TPSA) is 33.2 Å². The van der Waals surface area contributed by atoms with Gasteiger partial charge in [0.05, 0.1) is 5.25 Å². The Kier molecular flexibility index (Phi) is 4.42. The Labute approximate surface area is 107 Å². The number of hydrogen-bond donors (Lipinski definition) is 0. The summed E-state index contributed by atoms with van der Waals surface area (Å²) in [6, 6.07) is 3.90. The molecule has 1 amide bonds. The number of aromatic nitrogens is 1. The third kappa shape index (κ3) is 3.46. The fraction of sp³-hybridized carbons (Fsp3) is 0.538. The number of carbonyl (C=O) groups excluding carboxylic acids is 1. The van der Waals surface area contributed by atoms with Crippen LogP contribution in [0.5, 0.6) is 0 Å².